The molecule has 2 aliphatic rings. The van der Waals surface area contributed by atoms with Gasteiger partial charge in [-0.25, -0.2) is 0 Å². The molecule has 58 valence electrons. The van der Waals surface area contributed by atoms with Gasteiger partial charge in [0, 0.05) is 12.6 Å². The lowest BCUT2D eigenvalue weighted by Crippen LogP contribution is -2.52. The summed E-state index contributed by atoms with van der Waals surface area (Å²) in [6.45, 7) is 0.829. The van der Waals surface area contributed by atoms with Gasteiger partial charge in [0.25, 0.3) is 0 Å². The first-order valence-corrected chi connectivity index (χ1v) is 3.40. The summed E-state index contributed by atoms with van der Waals surface area (Å²) in [6, 6.07) is 0.691. The summed E-state index contributed by atoms with van der Waals surface area (Å²) in [7, 11) is 0. The molecule has 4 heteroatoms. The second-order valence-electron chi connectivity index (χ2n) is 2.74. The van der Waals surface area contributed by atoms with E-state index >= 15 is 0 Å². The lowest BCUT2D eigenvalue weighted by Gasteiger charge is -2.20. The van der Waals surface area contributed by atoms with Crippen LogP contribution in [0.3, 0.4) is 0 Å². The Bertz CT molecular complexity index is 151. The van der Waals surface area contributed by atoms with Crippen LogP contribution in [0.15, 0.2) is 0 Å². The molecule has 0 aromatic heterocycles. The number of carbonyl (C=O) groups excluding carboxylic acids is 1. The summed E-state index contributed by atoms with van der Waals surface area (Å²) in [5, 5.41) is 6.07. The number of halogens is 1. The standard InChI is InChI=1S/C6H10N2O.ClH/c9-6-5-2-1-4(8-5)3-7-6;/h4-5,8H,1-3H2,(H,7,9);1H. The van der Waals surface area contributed by atoms with Gasteiger partial charge in [-0.15, -0.1) is 12.4 Å². The van der Waals surface area contributed by atoms with E-state index in [1.165, 1.54) is 0 Å². The van der Waals surface area contributed by atoms with E-state index in [1.54, 1.807) is 0 Å². The first-order valence-electron chi connectivity index (χ1n) is 3.40. The average molecular weight is 163 g/mol. The minimum atomic E-state index is 0. The molecule has 0 radical (unpaired) electrons. The normalized spacial score (nSPS) is 36.6. The molecule has 2 N–H and O–H groups in total. The van der Waals surface area contributed by atoms with Gasteiger partial charge in [-0.2, -0.15) is 0 Å². The van der Waals surface area contributed by atoms with Gasteiger partial charge in [0.15, 0.2) is 0 Å². The van der Waals surface area contributed by atoms with Crippen LogP contribution in [0.5, 0.6) is 0 Å². The number of rotatable bonds is 0. The van der Waals surface area contributed by atoms with Crippen LogP contribution in [0, 0.1) is 0 Å². The van der Waals surface area contributed by atoms with Crippen LogP contribution in [0.1, 0.15) is 12.8 Å². The quantitative estimate of drug-likeness (QED) is 0.512. The van der Waals surface area contributed by atoms with Crippen molar-refractivity contribution in [3.8, 4) is 0 Å². The highest BCUT2D eigenvalue weighted by Gasteiger charge is 2.33. The molecule has 10 heavy (non-hydrogen) atoms. The zero-order valence-electron chi connectivity index (χ0n) is 5.59. The van der Waals surface area contributed by atoms with E-state index in [1.807, 2.05) is 0 Å². The topological polar surface area (TPSA) is 41.1 Å². The molecule has 2 bridgehead atoms. The van der Waals surface area contributed by atoms with Gasteiger partial charge in [-0.1, -0.05) is 0 Å². The zero-order chi connectivity index (χ0) is 6.27. The van der Waals surface area contributed by atoms with E-state index in [2.05, 4.69) is 10.6 Å². The number of fused-ring (bicyclic) bond motifs is 2. The maximum absolute atomic E-state index is 10.9. The highest BCUT2D eigenvalue weighted by molar-refractivity contribution is 5.85. The number of carbonyl (C=O) groups is 1. The molecule has 2 fully saturated rings. The third-order valence-corrected chi connectivity index (χ3v) is 2.08. The van der Waals surface area contributed by atoms with Gasteiger partial charge in [0.2, 0.25) is 5.91 Å². The maximum Gasteiger partial charge on any atom is 0.237 e. The predicted octanol–water partition coefficient (Wildman–Crippen LogP) is -0.341. The van der Waals surface area contributed by atoms with Crippen LogP contribution in [0.4, 0.5) is 0 Å². The summed E-state index contributed by atoms with van der Waals surface area (Å²) in [6.07, 6.45) is 2.18. The highest BCUT2D eigenvalue weighted by atomic mass is 35.5. The Morgan fingerprint density at radius 3 is 2.90 bits per heavy atom. The number of nitrogens with one attached hydrogen (secondary N) is 2. The minimum absolute atomic E-state index is 0. The molecular weight excluding hydrogens is 152 g/mol. The molecule has 0 aromatic carbocycles. The highest BCUT2D eigenvalue weighted by Crippen LogP contribution is 2.14. The molecule has 2 heterocycles. The fourth-order valence-corrected chi connectivity index (χ4v) is 1.53. The van der Waals surface area contributed by atoms with Crippen molar-refractivity contribution in [2.75, 3.05) is 6.54 Å². The Labute approximate surface area is 66.0 Å². The Hall–Kier alpha value is -0.280. The summed E-state index contributed by atoms with van der Waals surface area (Å²) in [5.41, 5.74) is 0. The molecule has 2 atom stereocenters. The first-order chi connectivity index (χ1) is 4.36. The predicted molar refractivity (Wildman–Crippen MR) is 40.2 cm³/mol. The molecule has 0 aromatic rings. The van der Waals surface area contributed by atoms with Crippen molar-refractivity contribution in [3.05, 3.63) is 0 Å². The zero-order valence-corrected chi connectivity index (χ0v) is 6.41. The van der Waals surface area contributed by atoms with Gasteiger partial charge < -0.3 is 10.6 Å². The third kappa shape index (κ3) is 1.11. The van der Waals surface area contributed by atoms with Gasteiger partial charge in [0.05, 0.1) is 6.04 Å². The van der Waals surface area contributed by atoms with Crippen LogP contribution in [-0.4, -0.2) is 24.5 Å². The van der Waals surface area contributed by atoms with E-state index in [4.69, 9.17) is 0 Å². The van der Waals surface area contributed by atoms with Gasteiger partial charge in [0.1, 0.15) is 0 Å². The Morgan fingerprint density at radius 2 is 2.20 bits per heavy atom. The number of piperazine rings is 1. The summed E-state index contributed by atoms with van der Waals surface area (Å²) in [5.74, 6) is 0.184. The number of amides is 1. The third-order valence-electron chi connectivity index (χ3n) is 2.08. The van der Waals surface area contributed by atoms with E-state index in [0.717, 1.165) is 19.4 Å². The molecular formula is C6H11ClN2O. The van der Waals surface area contributed by atoms with E-state index in [-0.39, 0.29) is 24.4 Å². The smallest absolute Gasteiger partial charge is 0.237 e. The number of hydrogen-bond donors (Lipinski definition) is 2. The lowest BCUT2D eigenvalue weighted by molar-refractivity contribution is -0.123. The van der Waals surface area contributed by atoms with Gasteiger partial charge in [-0.3, -0.25) is 4.79 Å². The molecule has 0 spiro atoms. The molecule has 2 rings (SSSR count). The Morgan fingerprint density at radius 1 is 1.40 bits per heavy atom. The van der Waals surface area contributed by atoms with Crippen molar-refractivity contribution in [3.63, 3.8) is 0 Å². The molecule has 1 amide bonds. The van der Waals surface area contributed by atoms with Crippen molar-refractivity contribution in [1.29, 1.82) is 0 Å². The SMILES string of the molecule is Cl.O=C1NCC2CCC1N2. The van der Waals surface area contributed by atoms with Crippen LogP contribution >= 0.6 is 12.4 Å². The van der Waals surface area contributed by atoms with Gasteiger partial charge in [-0.05, 0) is 12.8 Å². The summed E-state index contributed by atoms with van der Waals surface area (Å²) < 4.78 is 0. The average Bonchev–Trinajstić information content (AvgIpc) is 2.25. The van der Waals surface area contributed by atoms with Crippen LogP contribution < -0.4 is 10.6 Å². The van der Waals surface area contributed by atoms with E-state index < -0.39 is 0 Å². The second-order valence-corrected chi connectivity index (χ2v) is 2.74. The van der Waals surface area contributed by atoms with Crippen LogP contribution in [0.25, 0.3) is 0 Å². The van der Waals surface area contributed by atoms with Crippen molar-refractivity contribution >= 4 is 18.3 Å². The molecule has 2 unspecified atom stereocenters. The molecule has 3 nitrogen and oxygen atoms in total. The van der Waals surface area contributed by atoms with Crippen LogP contribution in [-0.2, 0) is 4.79 Å². The van der Waals surface area contributed by atoms with Crippen molar-refractivity contribution in [1.82, 2.24) is 10.6 Å². The summed E-state index contributed by atoms with van der Waals surface area (Å²) in [4.78, 5) is 10.9. The second kappa shape index (κ2) is 2.76. The fraction of sp³-hybridized carbons (Fsp3) is 0.833. The molecule has 2 saturated heterocycles. The molecule has 0 saturated carbocycles. The largest absolute Gasteiger partial charge is 0.353 e. The lowest BCUT2D eigenvalue weighted by atomic mass is 10.2. The molecule has 0 aliphatic carbocycles. The van der Waals surface area contributed by atoms with Crippen LogP contribution in [0.2, 0.25) is 0 Å². The fourth-order valence-electron chi connectivity index (χ4n) is 1.53. The van der Waals surface area contributed by atoms with Gasteiger partial charge >= 0.3 is 0 Å². The Balaban J connectivity index is 0.000000500. The van der Waals surface area contributed by atoms with Crippen molar-refractivity contribution in [2.45, 2.75) is 24.9 Å². The van der Waals surface area contributed by atoms with Crippen molar-refractivity contribution in [2.24, 2.45) is 0 Å². The monoisotopic (exact) mass is 162 g/mol. The maximum atomic E-state index is 10.9. The van der Waals surface area contributed by atoms with E-state index in [0.29, 0.717) is 6.04 Å². The van der Waals surface area contributed by atoms with E-state index in [9.17, 15) is 4.79 Å². The molecule has 2 aliphatic heterocycles. The summed E-state index contributed by atoms with van der Waals surface area (Å²) >= 11 is 0. The minimum Gasteiger partial charge on any atom is -0.353 e. The Kier molecular flexibility index (Phi) is 2.16. The number of hydrogen-bond acceptors (Lipinski definition) is 2. The first kappa shape index (κ1) is 7.82. The van der Waals surface area contributed by atoms with Crippen molar-refractivity contribution < 1.29 is 4.79 Å².